The number of rotatable bonds is 6. The number of alkyl halides is 3. The smallest absolute Gasteiger partial charge is 0.416 e. The first-order chi connectivity index (χ1) is 11.7. The highest BCUT2D eigenvalue weighted by molar-refractivity contribution is 6.37. The molecule has 0 saturated heterocycles. The van der Waals surface area contributed by atoms with Gasteiger partial charge in [0.1, 0.15) is 5.75 Å². The first kappa shape index (κ1) is 19.5. The standard InChI is InChI=1S/C17H16Cl2F3NO2/c1-23(12-5-3-11(4-6-12)17(20,21)22)7-2-8-25-16-14(18)9-13(24)10-15(16)19/h3-6,9-10,24H,2,7-8H2,1H3. The molecule has 0 amide bonds. The van der Waals surface area contributed by atoms with E-state index in [1.165, 1.54) is 24.3 Å². The van der Waals surface area contributed by atoms with E-state index in [0.29, 0.717) is 31.0 Å². The molecule has 0 heterocycles. The zero-order valence-electron chi connectivity index (χ0n) is 13.3. The molecule has 136 valence electrons. The molecule has 0 aliphatic heterocycles. The highest BCUT2D eigenvalue weighted by Crippen LogP contribution is 2.36. The molecule has 1 N–H and O–H groups in total. The summed E-state index contributed by atoms with van der Waals surface area (Å²) in [4.78, 5) is 1.82. The van der Waals surface area contributed by atoms with Crippen LogP contribution in [0.1, 0.15) is 12.0 Å². The van der Waals surface area contributed by atoms with Gasteiger partial charge in [0.2, 0.25) is 0 Å². The van der Waals surface area contributed by atoms with Crippen LogP contribution in [0, 0.1) is 0 Å². The maximum absolute atomic E-state index is 12.6. The molecular formula is C17H16Cl2F3NO2. The molecule has 0 fully saturated rings. The summed E-state index contributed by atoms with van der Waals surface area (Å²) in [5, 5.41) is 9.78. The zero-order valence-corrected chi connectivity index (χ0v) is 14.8. The van der Waals surface area contributed by atoms with Gasteiger partial charge in [-0.25, -0.2) is 0 Å². The average Bonchev–Trinajstić information content (AvgIpc) is 2.52. The van der Waals surface area contributed by atoms with Crippen LogP contribution in [-0.4, -0.2) is 25.3 Å². The summed E-state index contributed by atoms with van der Waals surface area (Å²) in [5.74, 6) is 0.239. The van der Waals surface area contributed by atoms with E-state index in [0.717, 1.165) is 12.1 Å². The molecule has 0 radical (unpaired) electrons. The van der Waals surface area contributed by atoms with Crippen molar-refractivity contribution in [3.63, 3.8) is 0 Å². The fourth-order valence-electron chi connectivity index (χ4n) is 2.19. The van der Waals surface area contributed by atoms with Crippen molar-refractivity contribution < 1.29 is 23.0 Å². The second-order valence-electron chi connectivity index (χ2n) is 5.41. The van der Waals surface area contributed by atoms with Gasteiger partial charge in [0.05, 0.1) is 22.2 Å². The van der Waals surface area contributed by atoms with E-state index in [1.54, 1.807) is 7.05 Å². The van der Waals surface area contributed by atoms with Crippen molar-refractivity contribution in [3.05, 3.63) is 52.0 Å². The van der Waals surface area contributed by atoms with Crippen LogP contribution in [0.4, 0.5) is 18.9 Å². The summed E-state index contributed by atoms with van der Waals surface area (Å²) >= 11 is 11.9. The van der Waals surface area contributed by atoms with Crippen molar-refractivity contribution in [3.8, 4) is 11.5 Å². The third-order valence-corrected chi connectivity index (χ3v) is 4.06. The van der Waals surface area contributed by atoms with Crippen molar-refractivity contribution in [2.75, 3.05) is 25.1 Å². The second kappa shape index (κ2) is 8.06. The minimum atomic E-state index is -4.34. The maximum atomic E-state index is 12.6. The van der Waals surface area contributed by atoms with Gasteiger partial charge < -0.3 is 14.7 Å². The Kier molecular flexibility index (Phi) is 6.30. The van der Waals surface area contributed by atoms with Gasteiger partial charge in [0.25, 0.3) is 0 Å². The minimum absolute atomic E-state index is 0.0515. The van der Waals surface area contributed by atoms with Crippen LogP contribution in [0.2, 0.25) is 10.0 Å². The number of aromatic hydroxyl groups is 1. The molecule has 0 atom stereocenters. The van der Waals surface area contributed by atoms with Crippen LogP contribution in [0.3, 0.4) is 0 Å². The van der Waals surface area contributed by atoms with Crippen LogP contribution in [0.15, 0.2) is 36.4 Å². The highest BCUT2D eigenvalue weighted by atomic mass is 35.5. The summed E-state index contributed by atoms with van der Waals surface area (Å²) < 4.78 is 43.2. The summed E-state index contributed by atoms with van der Waals surface area (Å²) in [6.45, 7) is 0.883. The zero-order chi connectivity index (χ0) is 18.6. The lowest BCUT2D eigenvalue weighted by molar-refractivity contribution is -0.137. The van der Waals surface area contributed by atoms with E-state index in [2.05, 4.69) is 0 Å². The van der Waals surface area contributed by atoms with E-state index in [1.807, 2.05) is 4.90 Å². The Morgan fingerprint density at radius 2 is 1.64 bits per heavy atom. The second-order valence-corrected chi connectivity index (χ2v) is 6.22. The lowest BCUT2D eigenvalue weighted by Gasteiger charge is -2.20. The molecule has 25 heavy (non-hydrogen) atoms. The number of halogens is 5. The third-order valence-electron chi connectivity index (χ3n) is 3.50. The van der Waals surface area contributed by atoms with Gasteiger partial charge in [-0.05, 0) is 30.7 Å². The predicted octanol–water partition coefficient (Wildman–Crippen LogP) is 5.62. The molecule has 0 unspecified atom stereocenters. The minimum Gasteiger partial charge on any atom is -0.508 e. The topological polar surface area (TPSA) is 32.7 Å². The molecule has 2 rings (SSSR count). The molecule has 0 bridgehead atoms. The fraction of sp³-hybridized carbons (Fsp3) is 0.294. The number of ether oxygens (including phenoxy) is 1. The molecular weight excluding hydrogens is 378 g/mol. The molecule has 0 aromatic heterocycles. The highest BCUT2D eigenvalue weighted by Gasteiger charge is 2.30. The van der Waals surface area contributed by atoms with Gasteiger partial charge in [0, 0.05) is 31.4 Å². The van der Waals surface area contributed by atoms with Crippen LogP contribution < -0.4 is 9.64 Å². The van der Waals surface area contributed by atoms with E-state index < -0.39 is 11.7 Å². The van der Waals surface area contributed by atoms with E-state index in [4.69, 9.17) is 27.9 Å². The average molecular weight is 394 g/mol. The lowest BCUT2D eigenvalue weighted by atomic mass is 10.2. The van der Waals surface area contributed by atoms with Gasteiger partial charge in [-0.3, -0.25) is 0 Å². The van der Waals surface area contributed by atoms with Crippen molar-refractivity contribution in [2.45, 2.75) is 12.6 Å². The number of anilines is 1. The Bertz CT molecular complexity index is 698. The molecule has 2 aromatic rings. The Balaban J connectivity index is 1.86. The maximum Gasteiger partial charge on any atom is 0.416 e. The molecule has 0 spiro atoms. The third kappa shape index (κ3) is 5.34. The summed E-state index contributed by atoms with van der Waals surface area (Å²) in [6, 6.07) is 7.62. The molecule has 8 heteroatoms. The molecule has 3 nitrogen and oxygen atoms in total. The van der Waals surface area contributed by atoms with Crippen molar-refractivity contribution in [1.82, 2.24) is 0 Å². The first-order valence-electron chi connectivity index (χ1n) is 7.37. The van der Waals surface area contributed by atoms with Gasteiger partial charge in [-0.15, -0.1) is 0 Å². The monoisotopic (exact) mass is 393 g/mol. The van der Waals surface area contributed by atoms with Crippen LogP contribution in [0.5, 0.6) is 11.5 Å². The number of phenolic OH excluding ortho intramolecular Hbond substituents is 1. The fourth-order valence-corrected chi connectivity index (χ4v) is 2.78. The normalized spacial score (nSPS) is 11.4. The van der Waals surface area contributed by atoms with E-state index in [9.17, 15) is 18.3 Å². The predicted molar refractivity (Wildman–Crippen MR) is 93.0 cm³/mol. The van der Waals surface area contributed by atoms with Crippen molar-refractivity contribution in [1.29, 1.82) is 0 Å². The SMILES string of the molecule is CN(CCCOc1c(Cl)cc(O)cc1Cl)c1ccc(C(F)(F)F)cc1. The van der Waals surface area contributed by atoms with E-state index >= 15 is 0 Å². The molecule has 2 aromatic carbocycles. The van der Waals surface area contributed by atoms with Crippen LogP contribution in [0.25, 0.3) is 0 Å². The van der Waals surface area contributed by atoms with Crippen molar-refractivity contribution in [2.24, 2.45) is 0 Å². The van der Waals surface area contributed by atoms with Gasteiger partial charge in [-0.1, -0.05) is 23.2 Å². The van der Waals surface area contributed by atoms with Gasteiger partial charge in [0.15, 0.2) is 5.75 Å². The lowest BCUT2D eigenvalue weighted by Crippen LogP contribution is -2.20. The number of phenols is 1. The number of benzene rings is 2. The molecule has 0 aliphatic carbocycles. The Hall–Kier alpha value is -1.79. The molecule has 0 saturated carbocycles. The van der Waals surface area contributed by atoms with Crippen LogP contribution in [-0.2, 0) is 6.18 Å². The Morgan fingerprint density at radius 1 is 1.08 bits per heavy atom. The Labute approximate surface area is 153 Å². The summed E-state index contributed by atoms with van der Waals surface area (Å²) in [6.07, 6.45) is -3.74. The van der Waals surface area contributed by atoms with Gasteiger partial charge >= 0.3 is 6.18 Å². The van der Waals surface area contributed by atoms with Crippen molar-refractivity contribution >= 4 is 28.9 Å². The summed E-state index contributed by atoms with van der Waals surface area (Å²) in [5.41, 5.74) is -0.00158. The Morgan fingerprint density at radius 3 is 2.16 bits per heavy atom. The number of hydrogen-bond acceptors (Lipinski definition) is 3. The largest absolute Gasteiger partial charge is 0.508 e. The number of nitrogens with zero attached hydrogens (tertiary/aromatic N) is 1. The number of hydrogen-bond donors (Lipinski definition) is 1. The molecule has 0 aliphatic rings. The summed E-state index contributed by atoms with van der Waals surface area (Å²) in [7, 11) is 1.78. The van der Waals surface area contributed by atoms with E-state index in [-0.39, 0.29) is 15.8 Å². The van der Waals surface area contributed by atoms with Crippen LogP contribution >= 0.6 is 23.2 Å². The quantitative estimate of drug-likeness (QED) is 0.646. The van der Waals surface area contributed by atoms with Gasteiger partial charge in [-0.2, -0.15) is 13.2 Å². The first-order valence-corrected chi connectivity index (χ1v) is 8.13.